The van der Waals surface area contributed by atoms with Crippen LogP contribution in [0.1, 0.15) is 17.5 Å². The zero-order chi connectivity index (χ0) is 17.3. The molecule has 3 heteroatoms. The summed E-state index contributed by atoms with van der Waals surface area (Å²) >= 11 is 0. The minimum atomic E-state index is -1.62. The van der Waals surface area contributed by atoms with E-state index in [0.717, 1.165) is 12.8 Å². The molecule has 0 saturated carbocycles. The Balaban J connectivity index is 1.92. The Morgan fingerprint density at radius 3 is 1.67 bits per heavy atom. The molecule has 2 aromatic rings. The molecule has 0 atom stereocenters. The molecule has 2 aromatic carbocycles. The lowest BCUT2D eigenvalue weighted by molar-refractivity contribution is 0.0534. The van der Waals surface area contributed by atoms with Gasteiger partial charge in [0.15, 0.2) is 7.83 Å². The predicted octanol–water partition coefficient (Wildman–Crippen LogP) is 5.62. The molecule has 3 rings (SSSR count). The van der Waals surface area contributed by atoms with Gasteiger partial charge >= 0.3 is 0 Å². The van der Waals surface area contributed by atoms with E-state index in [2.05, 4.69) is 86.9 Å². The highest BCUT2D eigenvalue weighted by Gasteiger charge is 2.52. The quantitative estimate of drug-likeness (QED) is 0.647. The van der Waals surface area contributed by atoms with E-state index in [0.29, 0.717) is 0 Å². The van der Waals surface area contributed by atoms with E-state index in [-0.39, 0.29) is 5.60 Å². The fraction of sp³-hybridized carbons (Fsp3) is 0.429. The van der Waals surface area contributed by atoms with E-state index < -0.39 is 15.4 Å². The minimum Gasteiger partial charge on any atom is -0.414 e. The first-order chi connectivity index (χ1) is 11.3. The molecule has 0 spiro atoms. The van der Waals surface area contributed by atoms with E-state index in [9.17, 15) is 0 Å². The highest BCUT2D eigenvalue weighted by atomic mass is 29.3. The Labute approximate surface area is 149 Å². The molecule has 1 saturated heterocycles. The van der Waals surface area contributed by atoms with Crippen LogP contribution >= 0.6 is 0 Å². The monoisotopic (exact) mass is 354 g/mol. The highest BCUT2D eigenvalue weighted by Crippen LogP contribution is 2.42. The van der Waals surface area contributed by atoms with Gasteiger partial charge in [0.25, 0.3) is 0 Å². The second kappa shape index (κ2) is 6.62. The van der Waals surface area contributed by atoms with Gasteiger partial charge in [-0.15, -0.1) is 0 Å². The van der Waals surface area contributed by atoms with Gasteiger partial charge in [0.2, 0.25) is 0 Å². The van der Waals surface area contributed by atoms with E-state index >= 15 is 0 Å². The van der Waals surface area contributed by atoms with Crippen molar-refractivity contribution in [3.63, 3.8) is 0 Å². The maximum Gasteiger partial charge on any atom is 0.174 e. The van der Waals surface area contributed by atoms with E-state index in [1.165, 1.54) is 23.6 Å². The van der Waals surface area contributed by atoms with Crippen molar-refractivity contribution in [1.82, 2.24) is 0 Å². The van der Waals surface area contributed by atoms with Gasteiger partial charge in [0.05, 0.1) is 13.2 Å². The lowest BCUT2D eigenvalue weighted by Crippen LogP contribution is -2.66. The van der Waals surface area contributed by atoms with Crippen LogP contribution in [0.3, 0.4) is 0 Å². The Bertz CT molecular complexity index is 623. The lowest BCUT2D eigenvalue weighted by atomic mass is 9.86. The average Bonchev–Trinajstić information content (AvgIpc) is 2.53. The van der Waals surface area contributed by atoms with Crippen LogP contribution in [0.25, 0.3) is 0 Å². The third-order valence-corrected chi connectivity index (χ3v) is 22.6. The van der Waals surface area contributed by atoms with Crippen molar-refractivity contribution >= 4 is 15.4 Å². The van der Waals surface area contributed by atoms with E-state index in [1.807, 2.05) is 0 Å². The Hall–Kier alpha value is -1.17. The smallest absolute Gasteiger partial charge is 0.174 e. The summed E-state index contributed by atoms with van der Waals surface area (Å²) in [7, 11) is -2.85. The van der Waals surface area contributed by atoms with E-state index in [1.54, 1.807) is 0 Å². The summed E-state index contributed by atoms with van der Waals surface area (Å²) < 4.78 is 7.09. The fourth-order valence-corrected chi connectivity index (χ4v) is 10.8. The van der Waals surface area contributed by atoms with Crippen molar-refractivity contribution in [1.29, 1.82) is 0 Å². The summed E-state index contributed by atoms with van der Waals surface area (Å²) in [6.07, 6.45) is 3.26. The first-order valence-corrected chi connectivity index (χ1v) is 16.2. The predicted molar refractivity (Wildman–Crippen MR) is 108 cm³/mol. The summed E-state index contributed by atoms with van der Waals surface area (Å²) in [5, 5.41) is 0. The minimum absolute atomic E-state index is 0.0268. The molecule has 0 amide bonds. The molecule has 1 nitrogen and oxygen atoms in total. The first-order valence-electron chi connectivity index (χ1n) is 9.10. The molecule has 128 valence electrons. The van der Waals surface area contributed by atoms with Crippen LogP contribution < -0.4 is 0 Å². The highest BCUT2D eigenvalue weighted by molar-refractivity contribution is 7.38. The summed E-state index contributed by atoms with van der Waals surface area (Å²) in [6.45, 7) is 9.99. The summed E-state index contributed by atoms with van der Waals surface area (Å²) in [6, 6.07) is 23.2. The molecule has 1 aliphatic heterocycles. The topological polar surface area (TPSA) is 9.23 Å². The van der Waals surface area contributed by atoms with Crippen molar-refractivity contribution in [3.8, 4) is 0 Å². The maximum atomic E-state index is 7.09. The Morgan fingerprint density at radius 2 is 1.25 bits per heavy atom. The second-order valence-electron chi connectivity index (χ2n) is 8.50. The zero-order valence-corrected chi connectivity index (χ0v) is 17.5. The largest absolute Gasteiger partial charge is 0.414 e. The molecular formula is C21H30OSi2. The van der Waals surface area contributed by atoms with Crippen LogP contribution in [-0.2, 0) is 17.3 Å². The van der Waals surface area contributed by atoms with Gasteiger partial charge in [-0.1, -0.05) is 79.8 Å². The first kappa shape index (κ1) is 17.7. The van der Waals surface area contributed by atoms with Crippen LogP contribution in [0.15, 0.2) is 60.7 Å². The zero-order valence-electron chi connectivity index (χ0n) is 15.5. The standard InChI is InChI=1S/C21H30OSi2/c1-23(2)16-15-21(22-24(23,3)4,17-19-11-7-5-8-12-19)18-20-13-9-6-10-14-20/h5-14H,15-18H2,1-4H3. The van der Waals surface area contributed by atoms with Gasteiger partial charge < -0.3 is 4.43 Å². The molecular weight excluding hydrogens is 324 g/mol. The summed E-state index contributed by atoms with van der Waals surface area (Å²) in [5.41, 5.74) is 2.78. The molecule has 1 fully saturated rings. The third-order valence-electron chi connectivity index (χ3n) is 6.05. The van der Waals surface area contributed by atoms with Crippen LogP contribution in [0.5, 0.6) is 0 Å². The second-order valence-corrected chi connectivity index (χ2v) is 23.7. The molecule has 1 aliphatic rings. The van der Waals surface area contributed by atoms with Crippen molar-refractivity contribution in [2.45, 2.75) is 57.1 Å². The molecule has 24 heavy (non-hydrogen) atoms. The number of hydrogen-bond acceptors (Lipinski definition) is 1. The molecule has 0 aromatic heterocycles. The van der Waals surface area contributed by atoms with Gasteiger partial charge in [-0.25, -0.2) is 0 Å². The number of benzene rings is 2. The summed E-state index contributed by atoms with van der Waals surface area (Å²) in [5.74, 6) is 0. The molecule has 0 bridgehead atoms. The summed E-state index contributed by atoms with van der Waals surface area (Å²) in [4.78, 5) is 0. The normalized spacial score (nSPS) is 21.3. The van der Waals surface area contributed by atoms with Gasteiger partial charge in [-0.3, -0.25) is 0 Å². The SMILES string of the molecule is C[Si]1(C)CCC(Cc2ccccc2)(Cc2ccccc2)O[Si]1(C)C. The van der Waals surface area contributed by atoms with Crippen LogP contribution in [0.4, 0.5) is 0 Å². The molecule has 1 heterocycles. The van der Waals surface area contributed by atoms with Crippen LogP contribution in [0, 0.1) is 0 Å². The fourth-order valence-electron chi connectivity index (χ4n) is 3.82. The van der Waals surface area contributed by atoms with E-state index in [4.69, 9.17) is 4.43 Å². The maximum absolute atomic E-state index is 7.09. The van der Waals surface area contributed by atoms with Gasteiger partial charge in [0, 0.05) is 12.8 Å². The molecule has 0 radical (unpaired) electrons. The average molecular weight is 355 g/mol. The Morgan fingerprint density at radius 1 is 0.792 bits per heavy atom. The van der Waals surface area contributed by atoms with Gasteiger partial charge in [-0.05, 0) is 30.6 Å². The number of rotatable bonds is 4. The molecule has 0 unspecified atom stereocenters. The molecule has 0 N–H and O–H groups in total. The molecule has 0 aliphatic carbocycles. The van der Waals surface area contributed by atoms with Crippen molar-refractivity contribution in [3.05, 3.63) is 71.8 Å². The number of hydrogen-bond donors (Lipinski definition) is 0. The van der Waals surface area contributed by atoms with Crippen LogP contribution in [0.2, 0.25) is 32.2 Å². The lowest BCUT2D eigenvalue weighted by Gasteiger charge is -2.52. The van der Waals surface area contributed by atoms with Crippen molar-refractivity contribution in [2.75, 3.05) is 0 Å². The van der Waals surface area contributed by atoms with Gasteiger partial charge in [-0.2, -0.15) is 0 Å². The Kier molecular flexibility index (Phi) is 4.87. The third kappa shape index (κ3) is 3.74. The van der Waals surface area contributed by atoms with Gasteiger partial charge in [0.1, 0.15) is 0 Å². The van der Waals surface area contributed by atoms with Crippen molar-refractivity contribution < 1.29 is 4.43 Å². The van der Waals surface area contributed by atoms with Crippen LogP contribution in [-0.4, -0.2) is 21.0 Å². The van der Waals surface area contributed by atoms with Crippen molar-refractivity contribution in [2.24, 2.45) is 0 Å².